The summed E-state index contributed by atoms with van der Waals surface area (Å²) in [6.07, 6.45) is 5.02. The molecule has 0 aliphatic heterocycles. The van der Waals surface area contributed by atoms with Crippen molar-refractivity contribution in [2.45, 2.75) is 25.9 Å². The summed E-state index contributed by atoms with van der Waals surface area (Å²) in [6.45, 7) is 2.09. The topological polar surface area (TPSA) is 77.6 Å². The quantitative estimate of drug-likeness (QED) is 0.731. The van der Waals surface area contributed by atoms with Crippen LogP contribution in [0.15, 0.2) is 43.0 Å². The maximum absolute atomic E-state index is 13.7. The number of nitrogens with one attached hydrogen (secondary N) is 1. The molecule has 0 fully saturated rings. The van der Waals surface area contributed by atoms with Gasteiger partial charge in [-0.1, -0.05) is 36.7 Å². The van der Waals surface area contributed by atoms with E-state index in [-0.39, 0.29) is 24.2 Å². The zero-order valence-corrected chi connectivity index (χ0v) is 14.2. The van der Waals surface area contributed by atoms with Crippen LogP contribution in [0.25, 0.3) is 0 Å². The Balaban J connectivity index is 1.68. The lowest BCUT2D eigenvalue weighted by molar-refractivity contribution is -0.119. The van der Waals surface area contributed by atoms with Gasteiger partial charge in [0.2, 0.25) is 5.95 Å². The van der Waals surface area contributed by atoms with Gasteiger partial charge in [-0.25, -0.2) is 14.1 Å². The third-order valence-electron chi connectivity index (χ3n) is 3.64. The molecule has 0 radical (unpaired) electrons. The summed E-state index contributed by atoms with van der Waals surface area (Å²) in [5.74, 6) is -0.464. The summed E-state index contributed by atoms with van der Waals surface area (Å²) < 4.78 is 16.6. The van der Waals surface area contributed by atoms with Crippen molar-refractivity contribution in [3.63, 3.8) is 0 Å². The van der Waals surface area contributed by atoms with Crippen LogP contribution < -0.4 is 5.32 Å². The van der Waals surface area contributed by atoms with Crippen LogP contribution in [0, 0.1) is 5.82 Å². The standard InChI is InChI=1S/C16H16ClFN6O/c1-2-14(24-9-12(17)7-20-24)15(25)21-16-19-10-23(22-16)8-11-5-3-4-6-13(11)18/h3-7,9-10,14H,2,8H2,1H3,(H,21,22,25). The van der Waals surface area contributed by atoms with Gasteiger partial charge >= 0.3 is 0 Å². The van der Waals surface area contributed by atoms with Crippen LogP contribution in [-0.2, 0) is 11.3 Å². The van der Waals surface area contributed by atoms with Crippen LogP contribution >= 0.6 is 11.6 Å². The van der Waals surface area contributed by atoms with Crippen molar-refractivity contribution in [2.75, 3.05) is 5.32 Å². The molecule has 9 heteroatoms. The Bertz CT molecular complexity index is 877. The Morgan fingerprint density at radius 3 is 2.88 bits per heavy atom. The fourth-order valence-corrected chi connectivity index (χ4v) is 2.54. The number of benzene rings is 1. The SMILES string of the molecule is CCC(C(=O)Nc1ncn(Cc2ccccc2F)n1)n1cc(Cl)cn1. The molecule has 25 heavy (non-hydrogen) atoms. The Kier molecular flexibility index (Phi) is 5.08. The molecule has 0 saturated heterocycles. The predicted molar refractivity (Wildman–Crippen MR) is 90.7 cm³/mol. The number of hydrogen-bond donors (Lipinski definition) is 1. The summed E-state index contributed by atoms with van der Waals surface area (Å²) in [5, 5.41) is 11.3. The first-order chi connectivity index (χ1) is 12.1. The molecule has 2 heterocycles. The molecule has 1 atom stereocenters. The molecule has 2 aromatic heterocycles. The van der Waals surface area contributed by atoms with E-state index in [1.54, 1.807) is 24.4 Å². The first-order valence-corrected chi connectivity index (χ1v) is 8.08. The minimum atomic E-state index is -0.522. The summed E-state index contributed by atoms with van der Waals surface area (Å²) >= 11 is 5.85. The van der Waals surface area contributed by atoms with Gasteiger partial charge in [-0.3, -0.25) is 14.8 Å². The molecular weight excluding hydrogens is 347 g/mol. The van der Waals surface area contributed by atoms with Gasteiger partial charge in [0.05, 0.1) is 17.8 Å². The predicted octanol–water partition coefficient (Wildman–Crippen LogP) is 2.91. The van der Waals surface area contributed by atoms with Gasteiger partial charge in [-0.05, 0) is 12.5 Å². The highest BCUT2D eigenvalue weighted by Crippen LogP contribution is 2.16. The van der Waals surface area contributed by atoms with E-state index >= 15 is 0 Å². The number of amides is 1. The van der Waals surface area contributed by atoms with Crippen LogP contribution in [0.4, 0.5) is 10.3 Å². The third kappa shape index (κ3) is 4.03. The zero-order chi connectivity index (χ0) is 17.8. The highest BCUT2D eigenvalue weighted by atomic mass is 35.5. The van der Waals surface area contributed by atoms with Crippen molar-refractivity contribution in [2.24, 2.45) is 0 Å². The van der Waals surface area contributed by atoms with E-state index in [1.165, 1.54) is 28.0 Å². The average Bonchev–Trinajstić information content (AvgIpc) is 3.20. The number of carbonyl (C=O) groups is 1. The summed E-state index contributed by atoms with van der Waals surface area (Å²) in [4.78, 5) is 16.5. The number of carbonyl (C=O) groups excluding carboxylic acids is 1. The van der Waals surface area contributed by atoms with Crippen molar-refractivity contribution in [3.8, 4) is 0 Å². The zero-order valence-electron chi connectivity index (χ0n) is 13.4. The summed E-state index contributed by atoms with van der Waals surface area (Å²) in [7, 11) is 0. The van der Waals surface area contributed by atoms with Crippen molar-refractivity contribution >= 4 is 23.5 Å². The van der Waals surface area contributed by atoms with Crippen LogP contribution in [0.1, 0.15) is 24.9 Å². The molecule has 0 bridgehead atoms. The molecule has 1 amide bonds. The highest BCUT2D eigenvalue weighted by Gasteiger charge is 2.20. The monoisotopic (exact) mass is 362 g/mol. The van der Waals surface area contributed by atoms with Crippen molar-refractivity contribution in [3.05, 3.63) is 59.4 Å². The molecule has 0 aliphatic carbocycles. The lowest BCUT2D eigenvalue weighted by atomic mass is 10.2. The second kappa shape index (κ2) is 7.43. The first-order valence-electron chi connectivity index (χ1n) is 7.70. The van der Waals surface area contributed by atoms with E-state index in [1.807, 2.05) is 6.92 Å². The molecule has 0 aliphatic rings. The number of nitrogens with zero attached hydrogens (tertiary/aromatic N) is 5. The molecule has 0 saturated carbocycles. The maximum Gasteiger partial charge on any atom is 0.251 e. The van der Waals surface area contributed by atoms with Crippen LogP contribution in [0.2, 0.25) is 5.02 Å². The Morgan fingerprint density at radius 2 is 2.20 bits per heavy atom. The van der Waals surface area contributed by atoms with E-state index in [4.69, 9.17) is 11.6 Å². The fourth-order valence-electron chi connectivity index (χ4n) is 2.40. The smallest absolute Gasteiger partial charge is 0.251 e. The van der Waals surface area contributed by atoms with E-state index in [0.29, 0.717) is 17.0 Å². The molecule has 1 aromatic carbocycles. The van der Waals surface area contributed by atoms with Crippen LogP contribution in [-0.4, -0.2) is 30.5 Å². The summed E-state index contributed by atoms with van der Waals surface area (Å²) in [6, 6.07) is 5.91. The Hall–Kier alpha value is -2.74. The molecule has 130 valence electrons. The van der Waals surface area contributed by atoms with E-state index < -0.39 is 6.04 Å². The van der Waals surface area contributed by atoms with Gasteiger partial charge in [0, 0.05) is 11.8 Å². The highest BCUT2D eigenvalue weighted by molar-refractivity contribution is 6.30. The minimum Gasteiger partial charge on any atom is -0.291 e. The van der Waals surface area contributed by atoms with E-state index in [0.717, 1.165) is 0 Å². The maximum atomic E-state index is 13.7. The van der Waals surface area contributed by atoms with Gasteiger partial charge in [-0.2, -0.15) is 5.10 Å². The average molecular weight is 363 g/mol. The van der Waals surface area contributed by atoms with E-state index in [9.17, 15) is 9.18 Å². The molecular formula is C16H16ClFN6O. The van der Waals surface area contributed by atoms with Gasteiger partial charge in [0.1, 0.15) is 18.2 Å². The van der Waals surface area contributed by atoms with Gasteiger partial charge < -0.3 is 0 Å². The number of rotatable bonds is 6. The fraction of sp³-hybridized carbons (Fsp3) is 0.250. The number of halogens is 2. The minimum absolute atomic E-state index is 0.151. The normalized spacial score (nSPS) is 12.1. The molecule has 0 spiro atoms. The molecule has 3 aromatic rings. The van der Waals surface area contributed by atoms with Gasteiger partial charge in [0.25, 0.3) is 5.91 Å². The largest absolute Gasteiger partial charge is 0.291 e. The second-order valence-electron chi connectivity index (χ2n) is 5.41. The number of aromatic nitrogens is 5. The van der Waals surface area contributed by atoms with Crippen LogP contribution in [0.3, 0.4) is 0 Å². The number of hydrogen-bond acceptors (Lipinski definition) is 4. The van der Waals surface area contributed by atoms with Crippen molar-refractivity contribution in [1.82, 2.24) is 24.5 Å². The molecule has 3 rings (SSSR count). The second-order valence-corrected chi connectivity index (χ2v) is 5.85. The Morgan fingerprint density at radius 1 is 1.40 bits per heavy atom. The van der Waals surface area contributed by atoms with Gasteiger partial charge in [-0.15, -0.1) is 5.10 Å². The van der Waals surface area contributed by atoms with Crippen molar-refractivity contribution < 1.29 is 9.18 Å². The molecule has 7 nitrogen and oxygen atoms in total. The van der Waals surface area contributed by atoms with E-state index in [2.05, 4.69) is 20.5 Å². The number of anilines is 1. The van der Waals surface area contributed by atoms with Crippen LogP contribution in [0.5, 0.6) is 0 Å². The molecule has 1 unspecified atom stereocenters. The lowest BCUT2D eigenvalue weighted by Gasteiger charge is -2.13. The van der Waals surface area contributed by atoms with Crippen molar-refractivity contribution in [1.29, 1.82) is 0 Å². The summed E-state index contributed by atoms with van der Waals surface area (Å²) in [5.41, 5.74) is 0.489. The van der Waals surface area contributed by atoms with Gasteiger partial charge in [0.15, 0.2) is 0 Å². The third-order valence-corrected chi connectivity index (χ3v) is 3.84. The Labute approximate surface area is 148 Å². The first kappa shape index (κ1) is 17.1. The lowest BCUT2D eigenvalue weighted by Crippen LogP contribution is -2.26. The molecule has 1 N–H and O–H groups in total.